The fourth-order valence-electron chi connectivity index (χ4n) is 4.46. The van der Waals surface area contributed by atoms with Crippen molar-refractivity contribution in [1.29, 1.82) is 0 Å². The molecule has 11 nitrogen and oxygen atoms in total. The van der Waals surface area contributed by atoms with E-state index in [-0.39, 0.29) is 55.2 Å². The molecule has 3 rings (SSSR count). The zero-order valence-electron chi connectivity index (χ0n) is 20.0. The van der Waals surface area contributed by atoms with Crippen LogP contribution in [0.2, 0.25) is 0 Å². The SMILES string of the molecule is CC(=O)CC(C=O)NC(=O)C1CCCN2C(=O)CCC(NC(=O)c3cc(C)c(O)c(C)c3)C(=O)N12. The standard InChI is InChI=1S/C24H30N4O7/c1-13-9-16(10-14(2)21(13)32)22(33)26-18-6-7-20(31)27-8-4-5-19(28(27)24(18)35)23(34)25-17(12-29)11-15(3)30/h9-10,12,17-19,32H,4-8,11H2,1-3H3,(H,25,34)(H,26,33). The number of aldehydes is 1. The Labute approximate surface area is 202 Å². The van der Waals surface area contributed by atoms with Crippen LogP contribution in [0.15, 0.2) is 12.1 Å². The number of rotatable bonds is 7. The van der Waals surface area contributed by atoms with Crippen LogP contribution in [0.4, 0.5) is 0 Å². The van der Waals surface area contributed by atoms with Crippen LogP contribution < -0.4 is 10.6 Å². The summed E-state index contributed by atoms with van der Waals surface area (Å²) in [5, 5.41) is 17.4. The molecule has 11 heteroatoms. The minimum absolute atomic E-state index is 0.00351. The molecule has 3 atom stereocenters. The van der Waals surface area contributed by atoms with Crippen LogP contribution in [-0.2, 0) is 24.0 Å². The molecule has 3 N–H and O–H groups in total. The van der Waals surface area contributed by atoms with Crippen molar-refractivity contribution in [2.24, 2.45) is 0 Å². The van der Waals surface area contributed by atoms with E-state index in [0.717, 1.165) is 5.01 Å². The smallest absolute Gasteiger partial charge is 0.264 e. The molecule has 2 aliphatic rings. The topological polar surface area (TPSA) is 153 Å². The molecule has 2 aliphatic heterocycles. The molecule has 188 valence electrons. The van der Waals surface area contributed by atoms with Crippen LogP contribution in [0.1, 0.15) is 60.5 Å². The average molecular weight is 487 g/mol. The van der Waals surface area contributed by atoms with Crippen molar-refractivity contribution in [3.8, 4) is 5.75 Å². The van der Waals surface area contributed by atoms with Gasteiger partial charge in [-0.3, -0.25) is 29.0 Å². The minimum atomic E-state index is -1.06. The fourth-order valence-corrected chi connectivity index (χ4v) is 4.46. The maximum absolute atomic E-state index is 13.5. The van der Waals surface area contributed by atoms with Crippen molar-refractivity contribution < 1.29 is 33.9 Å². The summed E-state index contributed by atoms with van der Waals surface area (Å²) < 4.78 is 0. The molecule has 1 aromatic carbocycles. The van der Waals surface area contributed by atoms with Crippen molar-refractivity contribution in [2.45, 2.75) is 71.0 Å². The van der Waals surface area contributed by atoms with E-state index in [1.807, 2.05) is 0 Å². The molecule has 1 aromatic rings. The maximum atomic E-state index is 13.5. The van der Waals surface area contributed by atoms with E-state index in [4.69, 9.17) is 0 Å². The van der Waals surface area contributed by atoms with Crippen LogP contribution >= 0.6 is 0 Å². The van der Waals surface area contributed by atoms with Gasteiger partial charge >= 0.3 is 0 Å². The highest BCUT2D eigenvalue weighted by Gasteiger charge is 2.44. The molecule has 2 saturated heterocycles. The van der Waals surface area contributed by atoms with Gasteiger partial charge in [-0.05, 0) is 63.3 Å². The van der Waals surface area contributed by atoms with E-state index in [1.54, 1.807) is 13.8 Å². The first kappa shape index (κ1) is 25.9. The molecule has 0 aromatic heterocycles. The molecular formula is C24H30N4O7. The number of hydrogen-bond donors (Lipinski definition) is 3. The Morgan fingerprint density at radius 1 is 1.17 bits per heavy atom. The Morgan fingerprint density at radius 2 is 1.83 bits per heavy atom. The van der Waals surface area contributed by atoms with E-state index in [1.165, 1.54) is 24.1 Å². The number of ketones is 1. The lowest BCUT2D eigenvalue weighted by molar-refractivity contribution is -0.176. The summed E-state index contributed by atoms with van der Waals surface area (Å²) >= 11 is 0. The number of benzene rings is 1. The van der Waals surface area contributed by atoms with Crippen LogP contribution in [0, 0.1) is 13.8 Å². The average Bonchev–Trinajstić information content (AvgIpc) is 2.93. The summed E-state index contributed by atoms with van der Waals surface area (Å²) in [6.45, 7) is 4.85. The number of phenols is 1. The second kappa shape index (κ2) is 10.7. The number of carbonyl (C=O) groups is 6. The number of hydrogen-bond acceptors (Lipinski definition) is 7. The molecular weight excluding hydrogens is 456 g/mol. The third-order valence-corrected chi connectivity index (χ3v) is 6.22. The van der Waals surface area contributed by atoms with Crippen LogP contribution in [-0.4, -0.2) is 75.5 Å². The van der Waals surface area contributed by atoms with Crippen LogP contribution in [0.25, 0.3) is 0 Å². The van der Waals surface area contributed by atoms with Crippen molar-refractivity contribution in [3.05, 3.63) is 28.8 Å². The fraction of sp³-hybridized carbons (Fsp3) is 0.500. The molecule has 0 bridgehead atoms. The first-order valence-corrected chi connectivity index (χ1v) is 11.5. The molecule has 0 aliphatic carbocycles. The van der Waals surface area contributed by atoms with Crippen molar-refractivity contribution in [2.75, 3.05) is 6.54 Å². The Balaban J connectivity index is 1.83. The monoisotopic (exact) mass is 486 g/mol. The number of carbonyl (C=O) groups excluding carboxylic acids is 6. The maximum Gasteiger partial charge on any atom is 0.264 e. The van der Waals surface area contributed by atoms with Gasteiger partial charge < -0.3 is 20.5 Å². The molecule has 2 fully saturated rings. The summed E-state index contributed by atoms with van der Waals surface area (Å²) in [6, 6.07) is -0.155. The highest BCUT2D eigenvalue weighted by Crippen LogP contribution is 2.26. The number of Topliss-reactive ketones (excluding diaryl/α,β-unsaturated/α-hetero) is 1. The number of aryl methyl sites for hydroxylation is 2. The summed E-state index contributed by atoms with van der Waals surface area (Å²) in [4.78, 5) is 74.9. The quantitative estimate of drug-likeness (QED) is 0.469. The normalized spacial score (nSPS) is 21.0. The highest BCUT2D eigenvalue weighted by atomic mass is 16.3. The van der Waals surface area contributed by atoms with Gasteiger partial charge in [0.2, 0.25) is 11.8 Å². The van der Waals surface area contributed by atoms with Gasteiger partial charge in [-0.15, -0.1) is 0 Å². The van der Waals surface area contributed by atoms with E-state index in [9.17, 15) is 33.9 Å². The van der Waals surface area contributed by atoms with Crippen molar-refractivity contribution in [3.63, 3.8) is 0 Å². The van der Waals surface area contributed by atoms with Gasteiger partial charge in [-0.2, -0.15) is 0 Å². The highest BCUT2D eigenvalue weighted by molar-refractivity contribution is 6.00. The second-order valence-electron chi connectivity index (χ2n) is 9.04. The number of phenolic OH excluding ortho intramolecular Hbond substituents is 1. The summed E-state index contributed by atoms with van der Waals surface area (Å²) in [6.07, 6.45) is 1.06. The third kappa shape index (κ3) is 5.67. The predicted molar refractivity (Wildman–Crippen MR) is 123 cm³/mol. The van der Waals surface area contributed by atoms with E-state index in [2.05, 4.69) is 10.6 Å². The van der Waals surface area contributed by atoms with Gasteiger partial charge in [-0.1, -0.05) is 0 Å². The van der Waals surface area contributed by atoms with Gasteiger partial charge in [0, 0.05) is 24.9 Å². The Morgan fingerprint density at radius 3 is 2.43 bits per heavy atom. The molecule has 0 spiro atoms. The zero-order valence-corrected chi connectivity index (χ0v) is 20.0. The Bertz CT molecular complexity index is 1050. The molecule has 0 saturated carbocycles. The van der Waals surface area contributed by atoms with Gasteiger partial charge in [0.05, 0.1) is 6.04 Å². The largest absolute Gasteiger partial charge is 0.507 e. The zero-order chi connectivity index (χ0) is 25.9. The van der Waals surface area contributed by atoms with Gasteiger partial charge in [-0.25, -0.2) is 5.01 Å². The molecule has 3 unspecified atom stereocenters. The van der Waals surface area contributed by atoms with E-state index in [0.29, 0.717) is 23.8 Å². The first-order valence-electron chi connectivity index (χ1n) is 11.5. The van der Waals surface area contributed by atoms with Crippen LogP contribution in [0.5, 0.6) is 5.75 Å². The number of nitrogens with one attached hydrogen (secondary N) is 2. The summed E-state index contributed by atoms with van der Waals surface area (Å²) in [5.74, 6) is -2.35. The second-order valence-corrected chi connectivity index (χ2v) is 9.04. The first-order chi connectivity index (χ1) is 16.5. The molecule has 2 heterocycles. The Kier molecular flexibility index (Phi) is 7.88. The minimum Gasteiger partial charge on any atom is -0.507 e. The lowest BCUT2D eigenvalue weighted by Crippen LogP contribution is -2.64. The summed E-state index contributed by atoms with van der Waals surface area (Å²) in [7, 11) is 0. The van der Waals surface area contributed by atoms with Gasteiger partial charge in [0.1, 0.15) is 29.9 Å². The number of fused-ring (bicyclic) bond motifs is 1. The third-order valence-electron chi connectivity index (χ3n) is 6.22. The van der Waals surface area contributed by atoms with E-state index >= 15 is 0 Å². The van der Waals surface area contributed by atoms with Crippen LogP contribution in [0.3, 0.4) is 0 Å². The van der Waals surface area contributed by atoms with Crippen molar-refractivity contribution in [1.82, 2.24) is 20.7 Å². The summed E-state index contributed by atoms with van der Waals surface area (Å²) in [5.41, 5.74) is 1.27. The van der Waals surface area contributed by atoms with Gasteiger partial charge in [0.15, 0.2) is 0 Å². The number of aromatic hydroxyl groups is 1. The molecule has 35 heavy (non-hydrogen) atoms. The number of amides is 4. The number of hydrazine groups is 1. The van der Waals surface area contributed by atoms with Crippen molar-refractivity contribution >= 4 is 35.7 Å². The Hall–Kier alpha value is -3.76. The molecule has 0 radical (unpaired) electrons. The number of nitrogens with zero attached hydrogens (tertiary/aromatic N) is 2. The predicted octanol–water partition coefficient (Wildman–Crippen LogP) is 0.299. The van der Waals surface area contributed by atoms with Gasteiger partial charge in [0.25, 0.3) is 11.8 Å². The lowest BCUT2D eigenvalue weighted by atomic mass is 10.0. The van der Waals surface area contributed by atoms with E-state index < -0.39 is 35.8 Å². The lowest BCUT2D eigenvalue weighted by Gasteiger charge is -2.43. The molecule has 4 amide bonds.